The second-order valence-corrected chi connectivity index (χ2v) is 8.73. The van der Waals surface area contributed by atoms with Crippen molar-refractivity contribution in [1.29, 1.82) is 0 Å². The zero-order valence-electron chi connectivity index (χ0n) is 16.9. The highest BCUT2D eigenvalue weighted by atomic mass is 32.1. The van der Waals surface area contributed by atoms with E-state index in [1.807, 2.05) is 22.8 Å². The summed E-state index contributed by atoms with van der Waals surface area (Å²) >= 11 is 1.51. The van der Waals surface area contributed by atoms with Crippen molar-refractivity contribution in [2.45, 2.75) is 58.1 Å². The monoisotopic (exact) mass is 415 g/mol. The van der Waals surface area contributed by atoms with Crippen molar-refractivity contribution < 1.29 is 9.84 Å². The molecule has 29 heavy (non-hydrogen) atoms. The minimum absolute atomic E-state index is 0.0652. The minimum Gasteiger partial charge on any atom is -0.489 e. The number of ether oxygens (including phenoxy) is 1. The Labute approximate surface area is 174 Å². The molecule has 0 radical (unpaired) electrons. The number of hydrogen-bond donors (Lipinski definition) is 2. The largest absolute Gasteiger partial charge is 0.489 e. The number of nitrogens with one attached hydrogen (secondary N) is 1. The lowest BCUT2D eigenvalue weighted by molar-refractivity contribution is 0.107. The van der Waals surface area contributed by atoms with Crippen molar-refractivity contribution in [3.05, 3.63) is 34.4 Å². The van der Waals surface area contributed by atoms with Gasteiger partial charge >= 0.3 is 0 Å². The number of fused-ring (bicyclic) bond motifs is 4. The highest BCUT2D eigenvalue weighted by Crippen LogP contribution is 2.37. The van der Waals surface area contributed by atoms with Gasteiger partial charge in [0.05, 0.1) is 10.1 Å². The molecule has 2 aromatic heterocycles. The van der Waals surface area contributed by atoms with Crippen molar-refractivity contribution >= 4 is 31.6 Å². The summed E-state index contributed by atoms with van der Waals surface area (Å²) in [6, 6.07) is 5.78. The third-order valence-corrected chi connectivity index (χ3v) is 6.58. The molecular formula is C22H29N3O3S. The molecule has 3 aromatic rings. The predicted molar refractivity (Wildman–Crippen MR) is 118 cm³/mol. The van der Waals surface area contributed by atoms with Crippen molar-refractivity contribution in [3.63, 3.8) is 0 Å². The second-order valence-electron chi connectivity index (χ2n) is 7.73. The van der Waals surface area contributed by atoms with Gasteiger partial charge in [-0.05, 0) is 31.9 Å². The van der Waals surface area contributed by atoms with Crippen molar-refractivity contribution in [2.24, 2.45) is 0 Å². The molecule has 1 aromatic carbocycles. The van der Waals surface area contributed by atoms with Gasteiger partial charge in [-0.1, -0.05) is 31.9 Å². The lowest BCUT2D eigenvalue weighted by atomic mass is 10.2. The molecule has 7 heteroatoms. The average Bonchev–Trinajstić information content (AvgIpc) is 2.93. The van der Waals surface area contributed by atoms with Gasteiger partial charge in [0.2, 0.25) is 0 Å². The van der Waals surface area contributed by atoms with E-state index < -0.39 is 6.10 Å². The Bertz CT molecular complexity index is 1040. The second kappa shape index (κ2) is 9.24. The number of unbranched alkanes of at least 4 members (excludes halogenated alkanes) is 1. The number of aliphatic hydroxyl groups is 1. The first-order chi connectivity index (χ1) is 14.2. The van der Waals surface area contributed by atoms with Gasteiger partial charge in [-0.15, -0.1) is 11.3 Å². The molecule has 6 nitrogen and oxygen atoms in total. The van der Waals surface area contributed by atoms with Crippen LogP contribution in [0.2, 0.25) is 0 Å². The van der Waals surface area contributed by atoms with Crippen LogP contribution in [0.1, 0.15) is 44.9 Å². The van der Waals surface area contributed by atoms with Crippen LogP contribution in [0.3, 0.4) is 0 Å². The van der Waals surface area contributed by atoms with E-state index in [0.717, 1.165) is 72.4 Å². The number of rotatable bonds is 8. The maximum atomic E-state index is 13.2. The lowest BCUT2D eigenvalue weighted by Gasteiger charge is -2.13. The fourth-order valence-corrected chi connectivity index (χ4v) is 5.03. The van der Waals surface area contributed by atoms with Crippen LogP contribution in [0.4, 0.5) is 0 Å². The SMILES string of the molecule is CCCCNCC(O)COc1cccc2c1sc1nc3n(c(=O)c12)CCCCC3. The zero-order chi connectivity index (χ0) is 20.2. The molecule has 1 aliphatic rings. The van der Waals surface area contributed by atoms with E-state index in [-0.39, 0.29) is 12.2 Å². The number of thiophene rings is 1. The number of benzene rings is 1. The maximum Gasteiger partial charge on any atom is 0.262 e. The Hall–Kier alpha value is -1.96. The van der Waals surface area contributed by atoms with Crippen LogP contribution >= 0.6 is 11.3 Å². The van der Waals surface area contributed by atoms with Gasteiger partial charge in [-0.3, -0.25) is 9.36 Å². The van der Waals surface area contributed by atoms with E-state index in [1.54, 1.807) is 0 Å². The number of nitrogens with zero attached hydrogens (tertiary/aromatic N) is 2. The zero-order valence-corrected chi connectivity index (χ0v) is 17.8. The third kappa shape index (κ3) is 4.32. The summed E-state index contributed by atoms with van der Waals surface area (Å²) in [6.45, 7) is 4.53. The van der Waals surface area contributed by atoms with E-state index in [9.17, 15) is 9.90 Å². The van der Waals surface area contributed by atoms with Crippen LogP contribution in [-0.2, 0) is 13.0 Å². The van der Waals surface area contributed by atoms with E-state index in [1.165, 1.54) is 11.3 Å². The van der Waals surface area contributed by atoms with Gasteiger partial charge in [0.25, 0.3) is 5.56 Å². The fourth-order valence-electron chi connectivity index (χ4n) is 3.88. The molecule has 156 valence electrons. The van der Waals surface area contributed by atoms with Gasteiger partial charge in [0.1, 0.15) is 29.1 Å². The first kappa shape index (κ1) is 20.3. The smallest absolute Gasteiger partial charge is 0.262 e. The summed E-state index contributed by atoms with van der Waals surface area (Å²) in [5, 5.41) is 15.0. The van der Waals surface area contributed by atoms with Gasteiger partial charge in [-0.2, -0.15) is 0 Å². The first-order valence-corrected chi connectivity index (χ1v) is 11.5. The Balaban J connectivity index is 1.60. The van der Waals surface area contributed by atoms with Gasteiger partial charge in [0.15, 0.2) is 0 Å². The standard InChI is InChI=1S/C22H29N3O3S/c1-2-3-11-23-13-15(26)14-28-17-9-7-8-16-19-21(29-20(16)17)24-18-10-5-4-6-12-25(18)22(19)27/h7-9,15,23,26H,2-6,10-14H2,1H3. The number of hydrogen-bond acceptors (Lipinski definition) is 6. The number of aromatic nitrogens is 2. The Kier molecular flexibility index (Phi) is 6.47. The van der Waals surface area contributed by atoms with Crippen molar-refractivity contribution in [3.8, 4) is 5.75 Å². The average molecular weight is 416 g/mol. The Morgan fingerprint density at radius 1 is 1.34 bits per heavy atom. The summed E-state index contributed by atoms with van der Waals surface area (Å²) in [5.41, 5.74) is 0.0652. The summed E-state index contributed by atoms with van der Waals surface area (Å²) in [4.78, 5) is 18.8. The molecule has 0 aliphatic carbocycles. The Morgan fingerprint density at radius 3 is 3.10 bits per heavy atom. The van der Waals surface area contributed by atoms with Crippen LogP contribution in [-0.4, -0.2) is 40.5 Å². The molecule has 1 aliphatic heterocycles. The summed E-state index contributed by atoms with van der Waals surface area (Å²) in [7, 11) is 0. The fraction of sp³-hybridized carbons (Fsp3) is 0.545. The van der Waals surface area contributed by atoms with Gasteiger partial charge in [0, 0.05) is 24.9 Å². The molecule has 0 saturated carbocycles. The summed E-state index contributed by atoms with van der Waals surface area (Å²) in [6.07, 6.45) is 5.77. The van der Waals surface area contributed by atoms with Gasteiger partial charge < -0.3 is 15.2 Å². The minimum atomic E-state index is -0.573. The molecule has 0 bridgehead atoms. The van der Waals surface area contributed by atoms with Crippen LogP contribution in [0.5, 0.6) is 5.75 Å². The number of aliphatic hydroxyl groups excluding tert-OH is 1. The lowest BCUT2D eigenvalue weighted by Crippen LogP contribution is -2.31. The summed E-state index contributed by atoms with van der Waals surface area (Å²) < 4.78 is 8.73. The molecule has 3 heterocycles. The van der Waals surface area contributed by atoms with Crippen LogP contribution in [0.25, 0.3) is 20.3 Å². The van der Waals surface area contributed by atoms with E-state index in [0.29, 0.717) is 17.7 Å². The van der Waals surface area contributed by atoms with E-state index in [4.69, 9.17) is 9.72 Å². The van der Waals surface area contributed by atoms with Crippen LogP contribution < -0.4 is 15.6 Å². The molecule has 1 unspecified atom stereocenters. The van der Waals surface area contributed by atoms with E-state index >= 15 is 0 Å². The third-order valence-electron chi connectivity index (χ3n) is 5.46. The number of aryl methyl sites for hydroxylation is 1. The molecule has 0 spiro atoms. The van der Waals surface area contributed by atoms with E-state index in [2.05, 4.69) is 12.2 Å². The molecule has 0 saturated heterocycles. The van der Waals surface area contributed by atoms with Crippen molar-refractivity contribution in [2.75, 3.05) is 19.7 Å². The van der Waals surface area contributed by atoms with Crippen molar-refractivity contribution in [1.82, 2.24) is 14.9 Å². The normalized spacial score (nSPS) is 15.4. The molecular weight excluding hydrogens is 386 g/mol. The topological polar surface area (TPSA) is 76.4 Å². The molecule has 2 N–H and O–H groups in total. The quantitative estimate of drug-likeness (QED) is 0.551. The maximum absolute atomic E-state index is 13.2. The molecule has 1 atom stereocenters. The van der Waals surface area contributed by atoms with Crippen LogP contribution in [0.15, 0.2) is 23.0 Å². The first-order valence-electron chi connectivity index (χ1n) is 10.7. The van der Waals surface area contributed by atoms with Crippen LogP contribution in [0, 0.1) is 0 Å². The predicted octanol–water partition coefficient (Wildman–Crippen LogP) is 3.47. The highest BCUT2D eigenvalue weighted by Gasteiger charge is 2.19. The molecule has 4 rings (SSSR count). The van der Waals surface area contributed by atoms with Gasteiger partial charge in [-0.25, -0.2) is 4.98 Å². The Morgan fingerprint density at radius 2 is 2.24 bits per heavy atom. The highest BCUT2D eigenvalue weighted by molar-refractivity contribution is 7.25. The summed E-state index contributed by atoms with van der Waals surface area (Å²) in [5.74, 6) is 1.61. The molecule has 0 amide bonds. The molecule has 0 fully saturated rings.